The van der Waals surface area contributed by atoms with Crippen LogP contribution in [-0.2, 0) is 11.3 Å². The number of aliphatic hydroxyl groups is 1. The van der Waals surface area contributed by atoms with Crippen molar-refractivity contribution in [2.75, 3.05) is 13.7 Å². The van der Waals surface area contributed by atoms with Gasteiger partial charge in [-0.05, 0) is 29.3 Å². The van der Waals surface area contributed by atoms with Crippen molar-refractivity contribution in [2.24, 2.45) is 0 Å². The minimum atomic E-state index is -0.371. The number of halogens is 1. The fourth-order valence-corrected chi connectivity index (χ4v) is 2.56. The number of pyridine rings is 1. The van der Waals surface area contributed by atoms with Gasteiger partial charge in [0, 0.05) is 23.4 Å². The molecule has 1 atom stereocenters. The Bertz CT molecular complexity index is 635. The largest absolute Gasteiger partial charge is 0.465 e. The molecule has 0 aliphatic heterocycles. The van der Waals surface area contributed by atoms with E-state index < -0.39 is 0 Å². The van der Waals surface area contributed by atoms with Crippen molar-refractivity contribution in [2.45, 2.75) is 12.6 Å². The molecule has 6 heteroatoms. The second-order valence-electron chi connectivity index (χ2n) is 4.70. The van der Waals surface area contributed by atoms with Crippen LogP contribution in [0, 0.1) is 0 Å². The molecular formula is C16H17BrN2O3. The second kappa shape index (κ2) is 8.03. The van der Waals surface area contributed by atoms with Gasteiger partial charge in [-0.2, -0.15) is 0 Å². The third-order valence-electron chi connectivity index (χ3n) is 3.28. The molecule has 0 spiro atoms. The number of hydrogen-bond donors (Lipinski definition) is 2. The lowest BCUT2D eigenvalue weighted by molar-refractivity contribution is 0.0600. The molecule has 0 saturated heterocycles. The summed E-state index contributed by atoms with van der Waals surface area (Å²) in [6.45, 7) is 0.520. The summed E-state index contributed by atoms with van der Waals surface area (Å²) < 4.78 is 5.50. The van der Waals surface area contributed by atoms with Gasteiger partial charge in [0.1, 0.15) is 0 Å². The van der Waals surface area contributed by atoms with Gasteiger partial charge < -0.3 is 15.2 Å². The summed E-state index contributed by atoms with van der Waals surface area (Å²) in [4.78, 5) is 15.5. The van der Waals surface area contributed by atoms with Gasteiger partial charge in [0.05, 0.1) is 25.3 Å². The van der Waals surface area contributed by atoms with Crippen molar-refractivity contribution < 1.29 is 14.6 Å². The van der Waals surface area contributed by atoms with Gasteiger partial charge in [-0.1, -0.05) is 28.1 Å². The van der Waals surface area contributed by atoms with Gasteiger partial charge in [0.25, 0.3) is 0 Å². The number of carbonyl (C=O) groups excluding carboxylic acids is 1. The van der Waals surface area contributed by atoms with Crippen LogP contribution in [0.4, 0.5) is 0 Å². The van der Waals surface area contributed by atoms with Crippen LogP contribution in [0.1, 0.15) is 27.5 Å². The molecule has 22 heavy (non-hydrogen) atoms. The lowest BCUT2D eigenvalue weighted by Gasteiger charge is -2.17. The number of nitrogens with one attached hydrogen (secondary N) is 1. The molecule has 0 aliphatic rings. The van der Waals surface area contributed by atoms with E-state index in [0.29, 0.717) is 12.1 Å². The Labute approximate surface area is 137 Å². The molecule has 0 bridgehead atoms. The average Bonchev–Trinajstić information content (AvgIpc) is 2.56. The van der Waals surface area contributed by atoms with E-state index in [9.17, 15) is 9.90 Å². The number of aromatic nitrogens is 1. The number of esters is 1. The molecule has 0 saturated carbocycles. The van der Waals surface area contributed by atoms with Gasteiger partial charge in [0.2, 0.25) is 0 Å². The first-order valence-electron chi connectivity index (χ1n) is 6.76. The van der Waals surface area contributed by atoms with Crippen LogP contribution in [0.3, 0.4) is 0 Å². The van der Waals surface area contributed by atoms with Crippen LogP contribution < -0.4 is 5.32 Å². The number of rotatable bonds is 6. The molecule has 0 aliphatic carbocycles. The standard InChI is InChI=1S/C16H17BrN2O3/c1-22-16(21)11-4-5-12(14(17)7-11)9-19-15(10-20)13-3-2-6-18-8-13/h2-8,15,19-20H,9-10H2,1H3. The second-order valence-corrected chi connectivity index (χ2v) is 5.55. The van der Waals surface area contributed by atoms with Crippen molar-refractivity contribution in [1.29, 1.82) is 0 Å². The number of benzene rings is 1. The Morgan fingerprint density at radius 2 is 2.27 bits per heavy atom. The smallest absolute Gasteiger partial charge is 0.337 e. The molecule has 0 fully saturated rings. The Morgan fingerprint density at radius 3 is 2.86 bits per heavy atom. The van der Waals surface area contributed by atoms with Crippen LogP contribution in [0.25, 0.3) is 0 Å². The summed E-state index contributed by atoms with van der Waals surface area (Å²) in [5.74, 6) is -0.371. The molecule has 1 heterocycles. The highest BCUT2D eigenvalue weighted by Gasteiger charge is 2.12. The highest BCUT2D eigenvalue weighted by Crippen LogP contribution is 2.20. The minimum absolute atomic E-state index is 0.0242. The number of nitrogens with zero attached hydrogens (tertiary/aromatic N) is 1. The Hall–Kier alpha value is -1.76. The fraction of sp³-hybridized carbons (Fsp3) is 0.250. The predicted molar refractivity (Wildman–Crippen MR) is 86.4 cm³/mol. The van der Waals surface area contributed by atoms with E-state index in [-0.39, 0.29) is 18.6 Å². The number of aliphatic hydroxyl groups excluding tert-OH is 1. The molecule has 0 radical (unpaired) electrons. The zero-order valence-electron chi connectivity index (χ0n) is 12.1. The summed E-state index contributed by atoms with van der Waals surface area (Å²) in [5, 5.41) is 12.8. The quantitative estimate of drug-likeness (QED) is 0.770. The van der Waals surface area contributed by atoms with E-state index in [1.54, 1.807) is 24.5 Å². The molecule has 2 N–H and O–H groups in total. The van der Waals surface area contributed by atoms with Gasteiger partial charge in [-0.25, -0.2) is 4.79 Å². The molecular weight excluding hydrogens is 348 g/mol. The topological polar surface area (TPSA) is 71.5 Å². The number of hydrogen-bond acceptors (Lipinski definition) is 5. The Kier molecular flexibility index (Phi) is 6.06. The van der Waals surface area contributed by atoms with Crippen molar-refractivity contribution >= 4 is 21.9 Å². The maximum absolute atomic E-state index is 11.5. The molecule has 5 nitrogen and oxygen atoms in total. The zero-order valence-corrected chi connectivity index (χ0v) is 13.7. The highest BCUT2D eigenvalue weighted by atomic mass is 79.9. The normalized spacial score (nSPS) is 12.0. The highest BCUT2D eigenvalue weighted by molar-refractivity contribution is 9.10. The molecule has 1 aromatic heterocycles. The van der Waals surface area contributed by atoms with Crippen molar-refractivity contribution in [3.63, 3.8) is 0 Å². The summed E-state index contributed by atoms with van der Waals surface area (Å²) in [6.07, 6.45) is 3.42. The SMILES string of the molecule is COC(=O)c1ccc(CNC(CO)c2cccnc2)c(Br)c1. The van der Waals surface area contributed by atoms with Crippen molar-refractivity contribution in [3.05, 3.63) is 63.9 Å². The van der Waals surface area contributed by atoms with E-state index in [1.807, 2.05) is 18.2 Å². The maximum Gasteiger partial charge on any atom is 0.337 e. The van der Waals surface area contributed by atoms with E-state index in [1.165, 1.54) is 7.11 Å². The van der Waals surface area contributed by atoms with Gasteiger partial charge >= 0.3 is 5.97 Å². The van der Waals surface area contributed by atoms with Gasteiger partial charge in [-0.15, -0.1) is 0 Å². The lowest BCUT2D eigenvalue weighted by atomic mass is 10.1. The summed E-state index contributed by atoms with van der Waals surface area (Å²) in [7, 11) is 1.35. The van der Waals surface area contributed by atoms with Crippen LogP contribution in [0.2, 0.25) is 0 Å². The average molecular weight is 365 g/mol. The third kappa shape index (κ3) is 4.13. The van der Waals surface area contributed by atoms with E-state index in [0.717, 1.165) is 15.6 Å². The molecule has 0 amide bonds. The summed E-state index contributed by atoms with van der Waals surface area (Å²) >= 11 is 3.45. The van der Waals surface area contributed by atoms with Crippen LogP contribution in [0.15, 0.2) is 47.2 Å². The third-order valence-corrected chi connectivity index (χ3v) is 4.02. The van der Waals surface area contributed by atoms with Gasteiger partial charge in [-0.3, -0.25) is 4.98 Å². The molecule has 1 unspecified atom stereocenters. The lowest BCUT2D eigenvalue weighted by Crippen LogP contribution is -2.24. The minimum Gasteiger partial charge on any atom is -0.465 e. The number of methoxy groups -OCH3 is 1. The molecule has 2 rings (SSSR count). The molecule has 1 aromatic carbocycles. The Morgan fingerprint density at radius 1 is 1.45 bits per heavy atom. The first kappa shape index (κ1) is 16.6. The fourth-order valence-electron chi connectivity index (χ4n) is 2.04. The summed E-state index contributed by atoms with van der Waals surface area (Å²) in [6, 6.07) is 8.84. The van der Waals surface area contributed by atoms with Crippen LogP contribution in [-0.4, -0.2) is 29.8 Å². The summed E-state index contributed by atoms with van der Waals surface area (Å²) in [5.41, 5.74) is 2.39. The number of carbonyl (C=O) groups is 1. The number of ether oxygens (including phenoxy) is 1. The van der Waals surface area contributed by atoms with Crippen molar-refractivity contribution in [3.8, 4) is 0 Å². The maximum atomic E-state index is 11.5. The van der Waals surface area contributed by atoms with E-state index in [2.05, 4.69) is 31.0 Å². The van der Waals surface area contributed by atoms with Crippen LogP contribution >= 0.6 is 15.9 Å². The molecule has 2 aromatic rings. The Balaban J connectivity index is 2.06. The van der Waals surface area contributed by atoms with E-state index >= 15 is 0 Å². The first-order valence-corrected chi connectivity index (χ1v) is 7.56. The van der Waals surface area contributed by atoms with Crippen molar-refractivity contribution in [1.82, 2.24) is 10.3 Å². The first-order chi connectivity index (χ1) is 10.7. The van der Waals surface area contributed by atoms with Gasteiger partial charge in [0.15, 0.2) is 0 Å². The van der Waals surface area contributed by atoms with E-state index in [4.69, 9.17) is 0 Å². The monoisotopic (exact) mass is 364 g/mol. The zero-order chi connectivity index (χ0) is 15.9. The predicted octanol–water partition coefficient (Wildman–Crippen LogP) is 2.45. The van der Waals surface area contributed by atoms with Crippen LogP contribution in [0.5, 0.6) is 0 Å². The molecule has 116 valence electrons.